The van der Waals surface area contributed by atoms with Crippen LogP contribution in [0.15, 0.2) is 60.2 Å². The Morgan fingerprint density at radius 1 is 1.04 bits per heavy atom. The fourth-order valence-corrected chi connectivity index (χ4v) is 2.90. The van der Waals surface area contributed by atoms with Gasteiger partial charge in [0, 0.05) is 34.6 Å². The molecule has 3 rings (SSSR count). The molecule has 0 spiro atoms. The highest BCUT2D eigenvalue weighted by Crippen LogP contribution is 2.21. The lowest BCUT2D eigenvalue weighted by molar-refractivity contribution is -0.116. The van der Waals surface area contributed by atoms with Crippen LogP contribution in [0.3, 0.4) is 0 Å². The molecule has 0 bridgehead atoms. The van der Waals surface area contributed by atoms with Gasteiger partial charge in [0.05, 0.1) is 12.6 Å². The number of nitrogens with zero attached hydrogens (tertiary/aromatic N) is 1. The molecular weight excluding hydrogens is 334 g/mol. The average Bonchev–Trinajstić information content (AvgIpc) is 3.16. The molecule has 0 saturated heterocycles. The lowest BCUT2D eigenvalue weighted by Crippen LogP contribution is -2.11. The minimum atomic E-state index is 0.00395. The zero-order valence-electron chi connectivity index (χ0n) is 13.9. The zero-order valence-corrected chi connectivity index (χ0v) is 14.7. The number of aryl methyl sites for hydroxylation is 1. The Morgan fingerprint density at radius 3 is 2.28 bits per heavy atom. The Kier molecular flexibility index (Phi) is 5.64. The SMILES string of the molecule is COc1ccc(Nc2ccc(NC(=O)CCc3cncs3)cc2)cc1. The molecule has 0 atom stereocenters. The highest BCUT2D eigenvalue weighted by Gasteiger charge is 2.04. The maximum Gasteiger partial charge on any atom is 0.224 e. The third-order valence-electron chi connectivity index (χ3n) is 3.63. The van der Waals surface area contributed by atoms with E-state index in [-0.39, 0.29) is 5.91 Å². The van der Waals surface area contributed by atoms with E-state index in [1.165, 1.54) is 0 Å². The molecule has 1 aromatic heterocycles. The number of thiazole rings is 1. The molecule has 128 valence electrons. The van der Waals surface area contributed by atoms with Crippen LogP contribution in [0, 0.1) is 0 Å². The molecular formula is C19H19N3O2S. The van der Waals surface area contributed by atoms with E-state index < -0.39 is 0 Å². The first kappa shape index (κ1) is 17.0. The van der Waals surface area contributed by atoms with Crippen LogP contribution in [-0.2, 0) is 11.2 Å². The van der Waals surface area contributed by atoms with Gasteiger partial charge in [-0.05, 0) is 55.0 Å². The van der Waals surface area contributed by atoms with Crippen molar-refractivity contribution in [2.24, 2.45) is 0 Å². The van der Waals surface area contributed by atoms with E-state index in [1.54, 1.807) is 30.2 Å². The largest absolute Gasteiger partial charge is 0.497 e. The minimum Gasteiger partial charge on any atom is -0.497 e. The second-order valence-corrected chi connectivity index (χ2v) is 6.42. The standard InChI is InChI=1S/C19H19N3O2S/c1-24-17-8-6-15(7-9-17)21-14-2-4-16(5-3-14)22-19(23)11-10-18-12-20-13-25-18/h2-9,12-13,21H,10-11H2,1H3,(H,22,23). The van der Waals surface area contributed by atoms with Gasteiger partial charge in [-0.3, -0.25) is 9.78 Å². The summed E-state index contributed by atoms with van der Waals surface area (Å²) in [5, 5.41) is 6.22. The zero-order chi connectivity index (χ0) is 17.5. The summed E-state index contributed by atoms with van der Waals surface area (Å²) in [6.07, 6.45) is 2.97. The van der Waals surface area contributed by atoms with Crippen molar-refractivity contribution in [2.45, 2.75) is 12.8 Å². The van der Waals surface area contributed by atoms with Gasteiger partial charge in [0.1, 0.15) is 5.75 Å². The fourth-order valence-electron chi connectivity index (χ4n) is 2.30. The van der Waals surface area contributed by atoms with Gasteiger partial charge >= 0.3 is 0 Å². The van der Waals surface area contributed by atoms with E-state index in [1.807, 2.05) is 48.5 Å². The summed E-state index contributed by atoms with van der Waals surface area (Å²) in [6.45, 7) is 0. The van der Waals surface area contributed by atoms with Crippen LogP contribution in [-0.4, -0.2) is 18.0 Å². The van der Waals surface area contributed by atoms with Crippen molar-refractivity contribution in [3.8, 4) is 5.75 Å². The van der Waals surface area contributed by atoms with Gasteiger partial charge in [0.2, 0.25) is 5.91 Å². The number of hydrogen-bond donors (Lipinski definition) is 2. The summed E-state index contributed by atoms with van der Waals surface area (Å²) < 4.78 is 5.14. The number of carbonyl (C=O) groups is 1. The number of benzene rings is 2. The molecule has 5 nitrogen and oxygen atoms in total. The predicted molar refractivity (Wildman–Crippen MR) is 102 cm³/mol. The first-order valence-electron chi connectivity index (χ1n) is 7.91. The fraction of sp³-hybridized carbons (Fsp3) is 0.158. The van der Waals surface area contributed by atoms with E-state index in [9.17, 15) is 4.79 Å². The number of aromatic nitrogens is 1. The highest BCUT2D eigenvalue weighted by molar-refractivity contribution is 7.09. The van der Waals surface area contributed by atoms with Crippen LogP contribution in [0.25, 0.3) is 0 Å². The summed E-state index contributed by atoms with van der Waals surface area (Å²) in [5.74, 6) is 0.825. The van der Waals surface area contributed by atoms with Gasteiger partial charge in [0.15, 0.2) is 0 Å². The summed E-state index contributed by atoms with van der Waals surface area (Å²) in [4.78, 5) is 17.1. The van der Waals surface area contributed by atoms with Gasteiger partial charge in [-0.1, -0.05) is 0 Å². The first-order valence-corrected chi connectivity index (χ1v) is 8.79. The highest BCUT2D eigenvalue weighted by atomic mass is 32.1. The maximum absolute atomic E-state index is 12.0. The predicted octanol–water partition coefficient (Wildman–Crippen LogP) is 4.47. The normalized spacial score (nSPS) is 10.3. The molecule has 6 heteroatoms. The van der Waals surface area contributed by atoms with Crippen LogP contribution in [0.1, 0.15) is 11.3 Å². The Balaban J connectivity index is 1.51. The molecule has 25 heavy (non-hydrogen) atoms. The van der Waals surface area contributed by atoms with Crippen LogP contribution in [0.4, 0.5) is 17.1 Å². The molecule has 0 aliphatic carbocycles. The second-order valence-electron chi connectivity index (χ2n) is 5.45. The van der Waals surface area contributed by atoms with Crippen molar-refractivity contribution in [3.05, 3.63) is 65.1 Å². The van der Waals surface area contributed by atoms with Gasteiger partial charge < -0.3 is 15.4 Å². The molecule has 2 aromatic carbocycles. The third kappa shape index (κ3) is 5.06. The number of carbonyl (C=O) groups excluding carboxylic acids is 1. The molecule has 0 unspecified atom stereocenters. The average molecular weight is 353 g/mol. The van der Waals surface area contributed by atoms with E-state index >= 15 is 0 Å². The maximum atomic E-state index is 12.0. The molecule has 0 aliphatic heterocycles. The number of hydrogen-bond acceptors (Lipinski definition) is 5. The number of amides is 1. The van der Waals surface area contributed by atoms with Crippen LogP contribution >= 0.6 is 11.3 Å². The van der Waals surface area contributed by atoms with Crippen molar-refractivity contribution >= 4 is 34.3 Å². The molecule has 1 heterocycles. The lowest BCUT2D eigenvalue weighted by atomic mass is 10.2. The second kappa shape index (κ2) is 8.30. The molecule has 2 N–H and O–H groups in total. The van der Waals surface area contributed by atoms with E-state index in [4.69, 9.17) is 4.74 Å². The van der Waals surface area contributed by atoms with E-state index in [2.05, 4.69) is 15.6 Å². The molecule has 0 saturated carbocycles. The number of anilines is 3. The molecule has 1 amide bonds. The van der Waals surface area contributed by atoms with Crippen LogP contribution in [0.2, 0.25) is 0 Å². The lowest BCUT2D eigenvalue weighted by Gasteiger charge is -2.09. The van der Waals surface area contributed by atoms with E-state index in [0.717, 1.165) is 27.7 Å². The summed E-state index contributed by atoms with van der Waals surface area (Å²) in [5.41, 5.74) is 4.49. The van der Waals surface area contributed by atoms with Gasteiger partial charge in [0.25, 0.3) is 0 Å². The van der Waals surface area contributed by atoms with Gasteiger partial charge in [-0.2, -0.15) is 0 Å². The monoisotopic (exact) mass is 353 g/mol. The van der Waals surface area contributed by atoms with Crippen LogP contribution < -0.4 is 15.4 Å². The Hall–Kier alpha value is -2.86. The Labute approximate surface area is 150 Å². The van der Waals surface area contributed by atoms with Gasteiger partial charge in [-0.25, -0.2) is 0 Å². The van der Waals surface area contributed by atoms with Gasteiger partial charge in [-0.15, -0.1) is 11.3 Å². The molecule has 0 fully saturated rings. The number of methoxy groups -OCH3 is 1. The van der Waals surface area contributed by atoms with Crippen LogP contribution in [0.5, 0.6) is 5.75 Å². The quantitative estimate of drug-likeness (QED) is 0.658. The molecule has 3 aromatic rings. The summed E-state index contributed by atoms with van der Waals surface area (Å²) in [7, 11) is 1.65. The van der Waals surface area contributed by atoms with Crippen molar-refractivity contribution < 1.29 is 9.53 Å². The number of nitrogens with one attached hydrogen (secondary N) is 2. The van der Waals surface area contributed by atoms with E-state index in [0.29, 0.717) is 12.8 Å². The topological polar surface area (TPSA) is 63.2 Å². The third-order valence-corrected chi connectivity index (χ3v) is 4.47. The minimum absolute atomic E-state index is 0.00395. The van der Waals surface area contributed by atoms with Crippen molar-refractivity contribution in [3.63, 3.8) is 0 Å². The number of rotatable bonds is 7. The Bertz CT molecular complexity index is 800. The van der Waals surface area contributed by atoms with Crippen molar-refractivity contribution in [1.29, 1.82) is 0 Å². The van der Waals surface area contributed by atoms with Crippen molar-refractivity contribution in [2.75, 3.05) is 17.7 Å². The van der Waals surface area contributed by atoms with Crippen molar-refractivity contribution in [1.82, 2.24) is 4.98 Å². The molecule has 0 aliphatic rings. The Morgan fingerprint density at radius 2 is 1.68 bits per heavy atom. The smallest absolute Gasteiger partial charge is 0.224 e. The first-order chi connectivity index (χ1) is 12.2. The molecule has 0 radical (unpaired) electrons. The summed E-state index contributed by atoms with van der Waals surface area (Å²) in [6, 6.07) is 15.3. The summed E-state index contributed by atoms with van der Waals surface area (Å²) >= 11 is 1.57. The number of ether oxygens (including phenoxy) is 1.